The lowest BCUT2D eigenvalue weighted by molar-refractivity contribution is 0.0422. The minimum absolute atomic E-state index is 0.131. The zero-order chi connectivity index (χ0) is 25.6. The summed E-state index contributed by atoms with van der Waals surface area (Å²) < 4.78 is 36.4. The van der Waals surface area contributed by atoms with Crippen molar-refractivity contribution in [2.24, 2.45) is 5.92 Å². The monoisotopic (exact) mass is 515 g/mol. The average Bonchev–Trinajstić information content (AvgIpc) is 3.64. The van der Waals surface area contributed by atoms with Gasteiger partial charge < -0.3 is 4.74 Å². The standard InChI is InChI=1S/C28H29N5O3S/c1-3-21-15-22(36-18-20-7-5-4-6-8-20)16-24(21)27-31-30-26-17-29-28-25(33(26)27)13-14-32(28)37(34,35)23-11-9-19(2)10-12-23/h4-14,17,21-22,24H,3,15-16,18H2,1-2H3/t21-,22+,24+/m1/s1. The molecule has 37 heavy (non-hydrogen) atoms. The van der Waals surface area contributed by atoms with Crippen molar-refractivity contribution >= 4 is 26.8 Å². The van der Waals surface area contributed by atoms with Crippen LogP contribution in [0.1, 0.15) is 49.1 Å². The van der Waals surface area contributed by atoms with Crippen molar-refractivity contribution in [3.63, 3.8) is 0 Å². The highest BCUT2D eigenvalue weighted by molar-refractivity contribution is 7.90. The van der Waals surface area contributed by atoms with Gasteiger partial charge in [0, 0.05) is 12.1 Å². The van der Waals surface area contributed by atoms with Crippen molar-refractivity contribution in [2.45, 2.75) is 56.6 Å². The second-order valence-electron chi connectivity index (χ2n) is 9.81. The van der Waals surface area contributed by atoms with E-state index < -0.39 is 10.0 Å². The van der Waals surface area contributed by atoms with E-state index in [1.807, 2.05) is 29.5 Å². The number of ether oxygens (including phenoxy) is 1. The topological polar surface area (TPSA) is 91.4 Å². The Balaban J connectivity index is 1.35. The molecular formula is C28H29N5O3S. The Morgan fingerprint density at radius 2 is 1.78 bits per heavy atom. The van der Waals surface area contributed by atoms with Crippen molar-refractivity contribution < 1.29 is 13.2 Å². The van der Waals surface area contributed by atoms with Crippen molar-refractivity contribution in [1.29, 1.82) is 0 Å². The molecule has 3 atom stereocenters. The van der Waals surface area contributed by atoms with E-state index in [1.54, 1.807) is 42.7 Å². The van der Waals surface area contributed by atoms with Gasteiger partial charge in [-0.1, -0.05) is 61.4 Å². The van der Waals surface area contributed by atoms with E-state index >= 15 is 0 Å². The molecule has 3 heterocycles. The number of fused-ring (bicyclic) bond motifs is 3. The fraction of sp³-hybridized carbons (Fsp3) is 0.321. The van der Waals surface area contributed by atoms with Crippen LogP contribution in [-0.2, 0) is 21.4 Å². The lowest BCUT2D eigenvalue weighted by Gasteiger charge is -2.16. The molecule has 9 heteroatoms. The fourth-order valence-electron chi connectivity index (χ4n) is 5.48. The largest absolute Gasteiger partial charge is 0.374 e. The lowest BCUT2D eigenvalue weighted by Crippen LogP contribution is -2.13. The van der Waals surface area contributed by atoms with Crippen LogP contribution in [0.15, 0.2) is 78.0 Å². The van der Waals surface area contributed by atoms with Crippen LogP contribution in [0, 0.1) is 12.8 Å². The molecule has 2 aromatic carbocycles. The van der Waals surface area contributed by atoms with Gasteiger partial charge in [0.05, 0.1) is 29.3 Å². The number of aryl methyl sites for hydroxylation is 1. The van der Waals surface area contributed by atoms with E-state index in [0.29, 0.717) is 29.3 Å². The summed E-state index contributed by atoms with van der Waals surface area (Å²) in [6.45, 7) is 4.71. The molecule has 1 aliphatic rings. The average molecular weight is 516 g/mol. The molecule has 0 unspecified atom stereocenters. The molecule has 0 N–H and O–H groups in total. The fourth-order valence-corrected chi connectivity index (χ4v) is 6.77. The highest BCUT2D eigenvalue weighted by Crippen LogP contribution is 2.43. The first-order chi connectivity index (χ1) is 18.0. The van der Waals surface area contributed by atoms with E-state index in [0.717, 1.165) is 36.2 Å². The smallest absolute Gasteiger partial charge is 0.269 e. The first-order valence-electron chi connectivity index (χ1n) is 12.6. The number of hydrogen-bond donors (Lipinski definition) is 0. The van der Waals surface area contributed by atoms with Crippen molar-refractivity contribution in [3.05, 3.63) is 90.0 Å². The van der Waals surface area contributed by atoms with Gasteiger partial charge in [0.25, 0.3) is 10.0 Å². The molecule has 0 aliphatic heterocycles. The first-order valence-corrected chi connectivity index (χ1v) is 14.1. The molecule has 1 aliphatic carbocycles. The van der Waals surface area contributed by atoms with Crippen molar-refractivity contribution in [2.75, 3.05) is 0 Å². The Bertz CT molecular complexity index is 1660. The number of hydrogen-bond acceptors (Lipinski definition) is 6. The van der Waals surface area contributed by atoms with Gasteiger partial charge in [-0.05, 0) is 49.4 Å². The van der Waals surface area contributed by atoms with Crippen LogP contribution in [0.2, 0.25) is 0 Å². The van der Waals surface area contributed by atoms with Crippen LogP contribution in [-0.4, -0.2) is 38.1 Å². The maximum atomic E-state index is 13.4. The van der Waals surface area contributed by atoms with E-state index in [4.69, 9.17) is 4.74 Å². The summed E-state index contributed by atoms with van der Waals surface area (Å²) in [7, 11) is -3.80. The summed E-state index contributed by atoms with van der Waals surface area (Å²) in [5.41, 5.74) is 3.81. The predicted octanol–water partition coefficient (Wildman–Crippen LogP) is 5.11. The second-order valence-corrected chi connectivity index (χ2v) is 11.6. The summed E-state index contributed by atoms with van der Waals surface area (Å²) in [6, 6.07) is 18.8. The molecule has 1 saturated carbocycles. The van der Waals surface area contributed by atoms with Gasteiger partial charge in [-0.3, -0.25) is 4.40 Å². The van der Waals surface area contributed by atoms with Crippen LogP contribution in [0.5, 0.6) is 0 Å². The van der Waals surface area contributed by atoms with Crippen molar-refractivity contribution in [3.8, 4) is 0 Å². The first kappa shape index (κ1) is 23.8. The molecule has 0 amide bonds. The number of benzene rings is 2. The summed E-state index contributed by atoms with van der Waals surface area (Å²) in [4.78, 5) is 4.70. The van der Waals surface area contributed by atoms with Gasteiger partial charge in [0.1, 0.15) is 5.82 Å². The minimum Gasteiger partial charge on any atom is -0.374 e. The summed E-state index contributed by atoms with van der Waals surface area (Å²) in [5, 5.41) is 8.97. The van der Waals surface area contributed by atoms with Crippen molar-refractivity contribution in [1.82, 2.24) is 23.6 Å². The van der Waals surface area contributed by atoms with Gasteiger partial charge >= 0.3 is 0 Å². The zero-order valence-electron chi connectivity index (χ0n) is 20.9. The van der Waals surface area contributed by atoms with Gasteiger partial charge in [-0.2, -0.15) is 0 Å². The third kappa shape index (κ3) is 4.22. The highest BCUT2D eigenvalue weighted by atomic mass is 32.2. The molecule has 3 aromatic heterocycles. The van der Waals surface area contributed by atoms with Crippen LogP contribution in [0.4, 0.5) is 0 Å². The molecule has 190 valence electrons. The quantitative estimate of drug-likeness (QED) is 0.299. The maximum absolute atomic E-state index is 13.4. The Kier molecular flexibility index (Phi) is 6.04. The van der Waals surface area contributed by atoms with Gasteiger partial charge in [-0.15, -0.1) is 10.2 Å². The molecule has 6 rings (SSSR count). The van der Waals surface area contributed by atoms with E-state index in [1.165, 1.54) is 3.97 Å². The summed E-state index contributed by atoms with van der Waals surface area (Å²) in [6.07, 6.45) is 6.10. The highest BCUT2D eigenvalue weighted by Gasteiger charge is 2.38. The Hall–Kier alpha value is -3.56. The van der Waals surface area contributed by atoms with Crippen LogP contribution >= 0.6 is 0 Å². The SMILES string of the molecule is CC[C@@H]1C[C@H](OCc2ccccc2)C[C@@H]1c1nnc2cnc3c(ccn3S(=O)(=O)c3ccc(C)cc3)n12. The summed E-state index contributed by atoms with van der Waals surface area (Å²) in [5.74, 6) is 1.39. The van der Waals surface area contributed by atoms with Crippen LogP contribution < -0.4 is 0 Å². The molecule has 1 fully saturated rings. The van der Waals surface area contributed by atoms with Crippen LogP contribution in [0.25, 0.3) is 16.8 Å². The van der Waals surface area contributed by atoms with Gasteiger partial charge in [0.2, 0.25) is 0 Å². The zero-order valence-corrected chi connectivity index (χ0v) is 21.7. The third-order valence-corrected chi connectivity index (χ3v) is 9.16. The lowest BCUT2D eigenvalue weighted by atomic mass is 9.93. The molecule has 0 bridgehead atoms. The van der Waals surface area contributed by atoms with Crippen LogP contribution in [0.3, 0.4) is 0 Å². The molecule has 8 nitrogen and oxygen atoms in total. The Labute approximate surface area is 216 Å². The van der Waals surface area contributed by atoms with E-state index in [-0.39, 0.29) is 16.9 Å². The molecular weight excluding hydrogens is 486 g/mol. The Morgan fingerprint density at radius 1 is 1.00 bits per heavy atom. The second kappa shape index (κ2) is 9.39. The number of nitrogens with zero attached hydrogens (tertiary/aromatic N) is 5. The Morgan fingerprint density at radius 3 is 2.54 bits per heavy atom. The van der Waals surface area contributed by atoms with Gasteiger partial charge in [0.15, 0.2) is 11.3 Å². The predicted molar refractivity (Wildman–Crippen MR) is 141 cm³/mol. The maximum Gasteiger partial charge on any atom is 0.269 e. The molecule has 0 spiro atoms. The minimum atomic E-state index is -3.80. The molecule has 5 aromatic rings. The summed E-state index contributed by atoms with van der Waals surface area (Å²) >= 11 is 0. The van der Waals surface area contributed by atoms with Gasteiger partial charge in [-0.25, -0.2) is 17.4 Å². The molecule has 0 radical (unpaired) electrons. The third-order valence-electron chi connectivity index (χ3n) is 7.48. The molecule has 0 saturated heterocycles. The normalized spacial score (nSPS) is 20.2. The number of aromatic nitrogens is 5. The van der Waals surface area contributed by atoms with E-state index in [2.05, 4.69) is 34.2 Å². The van der Waals surface area contributed by atoms with E-state index in [9.17, 15) is 8.42 Å². The number of rotatable bonds is 7.